The van der Waals surface area contributed by atoms with E-state index in [0.717, 1.165) is 17.4 Å². The maximum atomic E-state index is 13.7. The standard InChI is InChI=1S/C17H18BrF2O5P/c1-23-16-5-3-2-4-13(16)8-9-24-11-12-6-7-14(15(18)10-12)17(19,20)25-26(21)22/h2-7,10,26H,8-9,11H2,1H3,(H,21,22). The fourth-order valence-electron chi connectivity index (χ4n) is 2.33. The molecule has 0 saturated heterocycles. The number of rotatable bonds is 9. The highest BCUT2D eigenvalue weighted by Crippen LogP contribution is 2.40. The molecular weight excluding hydrogens is 433 g/mol. The maximum absolute atomic E-state index is 13.7. The van der Waals surface area contributed by atoms with Gasteiger partial charge in [-0.05, 0) is 35.7 Å². The molecule has 1 atom stereocenters. The van der Waals surface area contributed by atoms with E-state index >= 15 is 0 Å². The van der Waals surface area contributed by atoms with Crippen molar-refractivity contribution in [3.8, 4) is 5.75 Å². The molecule has 2 aromatic carbocycles. The van der Waals surface area contributed by atoms with E-state index in [4.69, 9.17) is 14.4 Å². The molecule has 0 bridgehead atoms. The molecule has 0 fully saturated rings. The zero-order valence-corrected chi connectivity index (χ0v) is 16.5. The van der Waals surface area contributed by atoms with Gasteiger partial charge in [-0.1, -0.05) is 40.2 Å². The lowest BCUT2D eigenvalue weighted by atomic mass is 10.1. The summed E-state index contributed by atoms with van der Waals surface area (Å²) in [7, 11) is -2.17. The van der Waals surface area contributed by atoms with E-state index in [1.54, 1.807) is 7.11 Å². The van der Waals surface area contributed by atoms with Crippen molar-refractivity contribution in [2.75, 3.05) is 13.7 Å². The van der Waals surface area contributed by atoms with Gasteiger partial charge in [-0.2, -0.15) is 8.78 Å². The van der Waals surface area contributed by atoms with Crippen LogP contribution in [0.1, 0.15) is 16.7 Å². The Labute approximate surface area is 159 Å². The molecule has 0 saturated carbocycles. The van der Waals surface area contributed by atoms with Gasteiger partial charge in [0.1, 0.15) is 5.75 Å². The summed E-state index contributed by atoms with van der Waals surface area (Å²) >= 11 is 3.03. The van der Waals surface area contributed by atoms with Crippen LogP contribution in [-0.2, 0) is 33.0 Å². The molecule has 1 N–H and O–H groups in total. The molecule has 9 heteroatoms. The van der Waals surface area contributed by atoms with Gasteiger partial charge in [-0.3, -0.25) is 4.57 Å². The molecule has 142 valence electrons. The van der Waals surface area contributed by atoms with Crippen LogP contribution in [-0.4, -0.2) is 18.6 Å². The lowest BCUT2D eigenvalue weighted by Gasteiger charge is -2.17. The molecule has 0 aliphatic carbocycles. The summed E-state index contributed by atoms with van der Waals surface area (Å²) in [5.74, 6) is 0.786. The average Bonchev–Trinajstić information content (AvgIpc) is 2.57. The van der Waals surface area contributed by atoms with Crippen LogP contribution in [0.2, 0.25) is 0 Å². The van der Waals surface area contributed by atoms with Crippen LogP contribution >= 0.6 is 24.2 Å². The predicted molar refractivity (Wildman–Crippen MR) is 96.7 cm³/mol. The Morgan fingerprint density at radius 2 is 1.96 bits per heavy atom. The van der Waals surface area contributed by atoms with Crippen molar-refractivity contribution in [2.45, 2.75) is 19.1 Å². The minimum Gasteiger partial charge on any atom is -0.496 e. The first kappa shape index (κ1) is 21.0. The number of benzene rings is 2. The number of ether oxygens (including phenoxy) is 2. The van der Waals surface area contributed by atoms with Crippen molar-refractivity contribution >= 4 is 24.2 Å². The largest absolute Gasteiger partial charge is 0.496 e. The first-order valence-corrected chi connectivity index (χ1v) is 9.67. The maximum Gasteiger partial charge on any atom is 0.390 e. The molecule has 0 radical (unpaired) electrons. The van der Waals surface area contributed by atoms with Crippen LogP contribution < -0.4 is 4.74 Å². The van der Waals surface area contributed by atoms with Crippen molar-refractivity contribution in [3.05, 3.63) is 63.6 Å². The van der Waals surface area contributed by atoms with Crippen molar-refractivity contribution in [3.63, 3.8) is 0 Å². The summed E-state index contributed by atoms with van der Waals surface area (Å²) in [6.45, 7) is 0.669. The predicted octanol–water partition coefficient (Wildman–Crippen LogP) is 4.66. The third kappa shape index (κ3) is 5.86. The number of hydrogen-bond acceptors (Lipinski definition) is 4. The molecule has 0 spiro atoms. The SMILES string of the molecule is COc1ccccc1CCOCc1ccc(C(F)(F)O[PH](=O)O)c(Br)c1. The summed E-state index contributed by atoms with van der Waals surface area (Å²) in [4.78, 5) is 8.57. The van der Waals surface area contributed by atoms with Gasteiger partial charge in [0.2, 0.25) is 0 Å². The van der Waals surface area contributed by atoms with E-state index in [9.17, 15) is 13.3 Å². The third-order valence-electron chi connectivity index (χ3n) is 3.54. The molecule has 2 rings (SSSR count). The third-order valence-corrected chi connectivity index (χ3v) is 4.63. The number of halogens is 3. The molecule has 0 aliphatic heterocycles. The highest BCUT2D eigenvalue weighted by atomic mass is 79.9. The van der Waals surface area contributed by atoms with Crippen LogP contribution in [0.25, 0.3) is 0 Å². The second-order valence-electron chi connectivity index (χ2n) is 5.31. The summed E-state index contributed by atoms with van der Waals surface area (Å²) in [6, 6.07) is 11.7. The fourth-order valence-corrected chi connectivity index (χ4v) is 3.32. The van der Waals surface area contributed by atoms with E-state index in [2.05, 4.69) is 20.5 Å². The van der Waals surface area contributed by atoms with Crippen molar-refractivity contribution < 1.29 is 32.2 Å². The van der Waals surface area contributed by atoms with Gasteiger partial charge in [0.15, 0.2) is 0 Å². The lowest BCUT2D eigenvalue weighted by molar-refractivity contribution is -0.186. The van der Waals surface area contributed by atoms with Crippen molar-refractivity contribution in [1.29, 1.82) is 0 Å². The molecular formula is C17H18BrF2O5P. The van der Waals surface area contributed by atoms with Gasteiger partial charge < -0.3 is 14.4 Å². The Kier molecular flexibility index (Phi) is 7.73. The van der Waals surface area contributed by atoms with E-state index in [-0.39, 0.29) is 11.1 Å². The molecule has 5 nitrogen and oxygen atoms in total. The van der Waals surface area contributed by atoms with E-state index in [1.165, 1.54) is 12.1 Å². The van der Waals surface area contributed by atoms with Crippen LogP contribution in [0.15, 0.2) is 46.9 Å². The molecule has 0 aromatic heterocycles. The molecule has 0 heterocycles. The Morgan fingerprint density at radius 1 is 1.23 bits per heavy atom. The highest BCUT2D eigenvalue weighted by molar-refractivity contribution is 9.10. The zero-order chi connectivity index (χ0) is 19.2. The highest BCUT2D eigenvalue weighted by Gasteiger charge is 2.37. The van der Waals surface area contributed by atoms with Gasteiger partial charge in [-0.15, -0.1) is 0 Å². The molecule has 1 unspecified atom stereocenters. The quantitative estimate of drug-likeness (QED) is 0.444. The number of para-hydroxylation sites is 1. The summed E-state index contributed by atoms with van der Waals surface area (Å²) < 4.78 is 52.7. The minimum absolute atomic E-state index is 0.0663. The monoisotopic (exact) mass is 450 g/mol. The Bertz CT molecular complexity index is 773. The van der Waals surface area contributed by atoms with Crippen LogP contribution in [0, 0.1) is 0 Å². The van der Waals surface area contributed by atoms with E-state index < -0.39 is 19.9 Å². The van der Waals surface area contributed by atoms with Gasteiger partial charge in [0, 0.05) is 4.47 Å². The van der Waals surface area contributed by atoms with E-state index in [0.29, 0.717) is 18.6 Å². The Morgan fingerprint density at radius 3 is 2.62 bits per heavy atom. The van der Waals surface area contributed by atoms with Crippen LogP contribution in [0.5, 0.6) is 5.75 Å². The second-order valence-corrected chi connectivity index (χ2v) is 6.90. The number of alkyl halides is 2. The smallest absolute Gasteiger partial charge is 0.390 e. The minimum atomic E-state index is -3.85. The lowest BCUT2D eigenvalue weighted by Crippen LogP contribution is -2.15. The van der Waals surface area contributed by atoms with Gasteiger partial charge in [0.05, 0.1) is 25.9 Å². The van der Waals surface area contributed by atoms with Crippen molar-refractivity contribution in [1.82, 2.24) is 0 Å². The van der Waals surface area contributed by atoms with Crippen LogP contribution in [0.3, 0.4) is 0 Å². The van der Waals surface area contributed by atoms with Gasteiger partial charge in [-0.25, -0.2) is 4.52 Å². The second kappa shape index (κ2) is 9.58. The first-order chi connectivity index (χ1) is 12.3. The molecule has 0 aliphatic rings. The Hall–Kier alpha value is -1.31. The van der Waals surface area contributed by atoms with E-state index in [1.807, 2.05) is 24.3 Å². The zero-order valence-electron chi connectivity index (χ0n) is 13.9. The summed E-state index contributed by atoms with van der Waals surface area (Å²) in [5.41, 5.74) is 1.17. The molecule has 0 amide bonds. The first-order valence-electron chi connectivity index (χ1n) is 7.62. The molecule has 2 aromatic rings. The number of methoxy groups -OCH3 is 1. The number of hydrogen-bond donors (Lipinski definition) is 1. The normalized spacial score (nSPS) is 12.8. The molecule has 26 heavy (non-hydrogen) atoms. The summed E-state index contributed by atoms with van der Waals surface area (Å²) in [6.07, 6.45) is -3.20. The van der Waals surface area contributed by atoms with Crippen molar-refractivity contribution in [2.24, 2.45) is 0 Å². The summed E-state index contributed by atoms with van der Waals surface area (Å²) in [5, 5.41) is 0. The fraction of sp³-hybridized carbons (Fsp3) is 0.294. The van der Waals surface area contributed by atoms with Gasteiger partial charge in [0.25, 0.3) is 0 Å². The average molecular weight is 451 g/mol. The Balaban J connectivity index is 1.93. The van der Waals surface area contributed by atoms with Crippen LogP contribution in [0.4, 0.5) is 8.78 Å². The topological polar surface area (TPSA) is 65.0 Å². The van der Waals surface area contributed by atoms with Gasteiger partial charge >= 0.3 is 14.4 Å².